The van der Waals surface area contributed by atoms with Crippen LogP contribution in [0.4, 0.5) is 5.82 Å². The van der Waals surface area contributed by atoms with Crippen LogP contribution in [0.15, 0.2) is 17.4 Å². The molecule has 1 aromatic rings. The highest BCUT2D eigenvalue weighted by atomic mass is 32.2. The summed E-state index contributed by atoms with van der Waals surface area (Å²) in [6.07, 6.45) is 2.65. The highest BCUT2D eigenvalue weighted by molar-refractivity contribution is 7.99. The maximum atomic E-state index is 8.93. The van der Waals surface area contributed by atoms with E-state index < -0.39 is 0 Å². The van der Waals surface area contributed by atoms with Crippen LogP contribution in [-0.2, 0) is 0 Å². The number of aliphatic hydroxyl groups is 1. The smallest absolute Gasteiger partial charge is 0.130 e. The largest absolute Gasteiger partial charge is 0.396 e. The lowest BCUT2D eigenvalue weighted by atomic mass is 10.2. The third-order valence-corrected chi connectivity index (χ3v) is 3.28. The van der Waals surface area contributed by atoms with E-state index in [2.05, 4.69) is 22.2 Å². The Balaban J connectivity index is 2.46. The van der Waals surface area contributed by atoms with Gasteiger partial charge in [-0.3, -0.25) is 0 Å². The second-order valence-electron chi connectivity index (χ2n) is 3.77. The van der Waals surface area contributed by atoms with Crippen LogP contribution in [0.25, 0.3) is 0 Å². The van der Waals surface area contributed by atoms with Gasteiger partial charge in [-0.15, -0.1) is 11.8 Å². The van der Waals surface area contributed by atoms with Gasteiger partial charge in [0.1, 0.15) is 17.2 Å². The summed E-state index contributed by atoms with van der Waals surface area (Å²) in [5.41, 5.74) is 0. The Morgan fingerprint density at radius 1 is 1.50 bits per heavy atom. The SMILES string of the molecule is CCCNc1cc(SCC(C)CO)ncn1. The average Bonchev–Trinajstić information content (AvgIpc) is 2.34. The lowest BCUT2D eigenvalue weighted by molar-refractivity contribution is 0.250. The van der Waals surface area contributed by atoms with Gasteiger partial charge in [0.25, 0.3) is 0 Å². The van der Waals surface area contributed by atoms with Gasteiger partial charge < -0.3 is 10.4 Å². The molecule has 0 spiro atoms. The van der Waals surface area contributed by atoms with Gasteiger partial charge in [0.15, 0.2) is 0 Å². The number of rotatable bonds is 7. The molecule has 1 aromatic heterocycles. The van der Waals surface area contributed by atoms with E-state index in [9.17, 15) is 0 Å². The normalized spacial score (nSPS) is 12.4. The van der Waals surface area contributed by atoms with E-state index in [0.717, 1.165) is 29.6 Å². The first-order valence-electron chi connectivity index (χ1n) is 5.55. The minimum Gasteiger partial charge on any atom is -0.396 e. The summed E-state index contributed by atoms with van der Waals surface area (Å²) in [4.78, 5) is 8.32. The Morgan fingerprint density at radius 3 is 3.00 bits per heavy atom. The second kappa shape index (κ2) is 7.46. The number of hydrogen-bond donors (Lipinski definition) is 2. The topological polar surface area (TPSA) is 58.0 Å². The van der Waals surface area contributed by atoms with Gasteiger partial charge in [-0.2, -0.15) is 0 Å². The Morgan fingerprint density at radius 2 is 2.31 bits per heavy atom. The maximum Gasteiger partial charge on any atom is 0.130 e. The quantitative estimate of drug-likeness (QED) is 0.565. The molecule has 0 aromatic carbocycles. The predicted molar refractivity (Wildman–Crippen MR) is 67.8 cm³/mol. The summed E-state index contributed by atoms with van der Waals surface area (Å²) in [6, 6.07) is 1.95. The fourth-order valence-corrected chi connectivity index (χ4v) is 1.93. The molecule has 0 saturated heterocycles. The van der Waals surface area contributed by atoms with E-state index in [0.29, 0.717) is 5.92 Å². The van der Waals surface area contributed by atoms with Gasteiger partial charge in [0.2, 0.25) is 0 Å². The standard InChI is InChI=1S/C11H19N3OS/c1-3-4-12-10-5-11(14-8-13-10)16-7-9(2)6-15/h5,8-9,15H,3-4,6-7H2,1-2H3,(H,12,13,14). The van der Waals surface area contributed by atoms with Gasteiger partial charge in [0.05, 0.1) is 0 Å². The van der Waals surface area contributed by atoms with Crippen LogP contribution in [0, 0.1) is 5.92 Å². The third kappa shape index (κ3) is 4.81. The number of anilines is 1. The van der Waals surface area contributed by atoms with E-state index in [1.165, 1.54) is 0 Å². The average molecular weight is 241 g/mol. The lowest BCUT2D eigenvalue weighted by Crippen LogP contribution is -2.04. The van der Waals surface area contributed by atoms with Crippen LogP contribution >= 0.6 is 11.8 Å². The van der Waals surface area contributed by atoms with Crippen molar-refractivity contribution in [3.63, 3.8) is 0 Å². The summed E-state index contributed by atoms with van der Waals surface area (Å²) in [7, 11) is 0. The van der Waals surface area contributed by atoms with Crippen molar-refractivity contribution in [2.45, 2.75) is 25.3 Å². The Bertz CT molecular complexity index is 309. The molecule has 0 aliphatic carbocycles. The number of nitrogens with zero attached hydrogens (tertiary/aromatic N) is 2. The van der Waals surface area contributed by atoms with Crippen LogP contribution in [0.2, 0.25) is 0 Å². The minimum atomic E-state index is 0.221. The van der Waals surface area contributed by atoms with Crippen molar-refractivity contribution in [3.8, 4) is 0 Å². The highest BCUT2D eigenvalue weighted by Crippen LogP contribution is 2.19. The molecule has 0 amide bonds. The zero-order valence-corrected chi connectivity index (χ0v) is 10.6. The number of aromatic nitrogens is 2. The van der Waals surface area contributed by atoms with E-state index in [1.54, 1.807) is 18.1 Å². The third-order valence-electron chi connectivity index (χ3n) is 2.03. The molecule has 1 atom stereocenters. The molecule has 4 nitrogen and oxygen atoms in total. The zero-order chi connectivity index (χ0) is 11.8. The fraction of sp³-hybridized carbons (Fsp3) is 0.636. The van der Waals surface area contributed by atoms with Crippen LogP contribution in [-0.4, -0.2) is 34.0 Å². The summed E-state index contributed by atoms with van der Waals surface area (Å²) in [6.45, 7) is 5.28. The molecular weight excluding hydrogens is 222 g/mol. The summed E-state index contributed by atoms with van der Waals surface area (Å²) >= 11 is 1.65. The van der Waals surface area contributed by atoms with Crippen molar-refractivity contribution in [3.05, 3.63) is 12.4 Å². The van der Waals surface area contributed by atoms with Gasteiger partial charge in [-0.05, 0) is 12.3 Å². The van der Waals surface area contributed by atoms with Gasteiger partial charge in [0, 0.05) is 25.0 Å². The van der Waals surface area contributed by atoms with Crippen LogP contribution < -0.4 is 5.32 Å². The number of aliphatic hydroxyl groups excluding tert-OH is 1. The first-order valence-corrected chi connectivity index (χ1v) is 6.54. The van der Waals surface area contributed by atoms with Crippen molar-refractivity contribution in [2.75, 3.05) is 24.2 Å². The van der Waals surface area contributed by atoms with Crippen molar-refractivity contribution in [2.24, 2.45) is 5.92 Å². The first kappa shape index (κ1) is 13.3. The molecule has 0 aliphatic heterocycles. The van der Waals surface area contributed by atoms with Crippen LogP contribution in [0.1, 0.15) is 20.3 Å². The molecule has 0 bridgehead atoms. The number of nitrogens with one attached hydrogen (secondary N) is 1. The lowest BCUT2D eigenvalue weighted by Gasteiger charge is -2.08. The molecule has 1 rings (SSSR count). The predicted octanol–water partition coefficient (Wildman–Crippen LogP) is 2.02. The summed E-state index contributed by atoms with van der Waals surface area (Å²) in [5.74, 6) is 2.05. The molecule has 0 radical (unpaired) electrons. The van der Waals surface area contributed by atoms with Crippen molar-refractivity contribution >= 4 is 17.6 Å². The van der Waals surface area contributed by atoms with E-state index in [1.807, 2.05) is 13.0 Å². The first-order chi connectivity index (χ1) is 7.76. The summed E-state index contributed by atoms with van der Waals surface area (Å²) in [5, 5.41) is 13.1. The van der Waals surface area contributed by atoms with Crippen LogP contribution in [0.3, 0.4) is 0 Å². The Hall–Kier alpha value is -0.810. The zero-order valence-electron chi connectivity index (χ0n) is 9.81. The minimum absolute atomic E-state index is 0.221. The highest BCUT2D eigenvalue weighted by Gasteiger charge is 2.03. The fourth-order valence-electron chi connectivity index (χ4n) is 1.05. The Labute approximate surface area is 101 Å². The van der Waals surface area contributed by atoms with Crippen LogP contribution in [0.5, 0.6) is 0 Å². The second-order valence-corrected chi connectivity index (χ2v) is 4.81. The van der Waals surface area contributed by atoms with E-state index >= 15 is 0 Å². The Kier molecular flexibility index (Phi) is 6.18. The van der Waals surface area contributed by atoms with Gasteiger partial charge in [-0.1, -0.05) is 13.8 Å². The van der Waals surface area contributed by atoms with E-state index in [4.69, 9.17) is 5.11 Å². The molecule has 1 unspecified atom stereocenters. The molecule has 2 N–H and O–H groups in total. The molecule has 5 heteroatoms. The molecular formula is C11H19N3OS. The molecule has 1 heterocycles. The number of thioether (sulfide) groups is 1. The summed E-state index contributed by atoms with van der Waals surface area (Å²) < 4.78 is 0. The number of hydrogen-bond acceptors (Lipinski definition) is 5. The van der Waals surface area contributed by atoms with Gasteiger partial charge in [-0.25, -0.2) is 9.97 Å². The molecule has 0 fully saturated rings. The maximum absolute atomic E-state index is 8.93. The monoisotopic (exact) mass is 241 g/mol. The van der Waals surface area contributed by atoms with Crippen molar-refractivity contribution < 1.29 is 5.11 Å². The van der Waals surface area contributed by atoms with Crippen molar-refractivity contribution in [1.29, 1.82) is 0 Å². The molecule has 16 heavy (non-hydrogen) atoms. The molecule has 0 aliphatic rings. The molecule has 0 saturated carbocycles. The molecule has 90 valence electrons. The van der Waals surface area contributed by atoms with Crippen molar-refractivity contribution in [1.82, 2.24) is 9.97 Å². The van der Waals surface area contributed by atoms with E-state index in [-0.39, 0.29) is 6.61 Å². The van der Waals surface area contributed by atoms with Gasteiger partial charge >= 0.3 is 0 Å².